The maximum Gasteiger partial charge on any atom is 0.339 e. The van der Waals surface area contributed by atoms with Crippen LogP contribution < -0.4 is 5.32 Å². The molecule has 0 saturated heterocycles. The van der Waals surface area contributed by atoms with Crippen LogP contribution in [0.4, 0.5) is 5.69 Å². The molecule has 1 amide bonds. The fourth-order valence-electron chi connectivity index (χ4n) is 3.22. The van der Waals surface area contributed by atoms with E-state index in [9.17, 15) is 14.4 Å². The number of hydrogen-bond acceptors (Lipinski definition) is 9. The number of thiophene rings is 1. The number of nitrogens with one attached hydrogen (secondary N) is 1. The van der Waals surface area contributed by atoms with Crippen LogP contribution in [0.25, 0.3) is 11.4 Å². The van der Waals surface area contributed by atoms with Gasteiger partial charge in [0.05, 0.1) is 36.8 Å². The van der Waals surface area contributed by atoms with Gasteiger partial charge < -0.3 is 14.8 Å². The van der Waals surface area contributed by atoms with Gasteiger partial charge in [-0.15, -0.1) is 21.5 Å². The molecule has 3 aromatic rings. The van der Waals surface area contributed by atoms with Crippen molar-refractivity contribution in [2.45, 2.75) is 38.4 Å². The van der Waals surface area contributed by atoms with E-state index in [1.165, 1.54) is 49.1 Å². The summed E-state index contributed by atoms with van der Waals surface area (Å²) in [4.78, 5) is 38.0. The van der Waals surface area contributed by atoms with E-state index in [1.54, 1.807) is 11.3 Å². The van der Waals surface area contributed by atoms with Crippen molar-refractivity contribution in [1.29, 1.82) is 0 Å². The molecule has 0 saturated carbocycles. The Morgan fingerprint density at radius 1 is 1.12 bits per heavy atom. The lowest BCUT2D eigenvalue weighted by molar-refractivity contribution is -0.113. The van der Waals surface area contributed by atoms with Crippen LogP contribution >= 0.6 is 23.1 Å². The fourth-order valence-corrected chi connectivity index (χ4v) is 4.90. The van der Waals surface area contributed by atoms with E-state index in [-0.39, 0.29) is 34.5 Å². The minimum absolute atomic E-state index is 0.0256. The van der Waals surface area contributed by atoms with Crippen LogP contribution in [0.3, 0.4) is 0 Å². The van der Waals surface area contributed by atoms with Crippen LogP contribution in [0, 0.1) is 0 Å². The molecule has 2 aromatic heterocycles. The van der Waals surface area contributed by atoms with Crippen LogP contribution in [0.2, 0.25) is 0 Å². The quantitative estimate of drug-likeness (QED) is 0.337. The third-order valence-electron chi connectivity index (χ3n) is 4.89. The van der Waals surface area contributed by atoms with Crippen LogP contribution in [-0.4, -0.2) is 52.6 Å². The molecule has 34 heavy (non-hydrogen) atoms. The first-order valence-corrected chi connectivity index (χ1v) is 12.4. The summed E-state index contributed by atoms with van der Waals surface area (Å²) in [5.74, 6) is -0.810. The number of aryl methyl sites for hydroxylation is 1. The standard InChI is InChI=1S/C23H26N4O5S2/c1-6-16-9-15(11-33-16)20-25-26-23(27(20)13(2)3)34-12-19(28)24-18-10-14(21(29)31-4)7-8-17(18)22(30)32-5/h7-11,13H,6,12H2,1-5H3,(H,24,28). The van der Waals surface area contributed by atoms with E-state index in [0.29, 0.717) is 5.16 Å². The fraction of sp³-hybridized carbons (Fsp3) is 0.348. The molecule has 0 aliphatic heterocycles. The number of amides is 1. The molecule has 0 bridgehead atoms. The van der Waals surface area contributed by atoms with Gasteiger partial charge in [0.2, 0.25) is 5.91 Å². The number of anilines is 1. The van der Waals surface area contributed by atoms with Gasteiger partial charge in [-0.2, -0.15) is 0 Å². The number of benzene rings is 1. The van der Waals surface area contributed by atoms with Crippen molar-refractivity contribution in [3.8, 4) is 11.4 Å². The molecule has 1 aromatic carbocycles. The molecular formula is C23H26N4O5S2. The topological polar surface area (TPSA) is 112 Å². The summed E-state index contributed by atoms with van der Waals surface area (Å²) in [6.07, 6.45) is 0.951. The third-order valence-corrected chi connectivity index (χ3v) is 6.92. The average molecular weight is 503 g/mol. The summed E-state index contributed by atoms with van der Waals surface area (Å²) in [6, 6.07) is 6.43. The summed E-state index contributed by atoms with van der Waals surface area (Å²) in [7, 11) is 2.50. The van der Waals surface area contributed by atoms with Gasteiger partial charge in [0.25, 0.3) is 0 Å². The van der Waals surface area contributed by atoms with Gasteiger partial charge in [-0.05, 0) is 44.5 Å². The number of aromatic nitrogens is 3. The number of hydrogen-bond donors (Lipinski definition) is 1. The van der Waals surface area contributed by atoms with Crippen molar-refractivity contribution in [2.75, 3.05) is 25.3 Å². The van der Waals surface area contributed by atoms with Crippen LogP contribution in [0.5, 0.6) is 0 Å². The van der Waals surface area contributed by atoms with Crippen molar-refractivity contribution < 1.29 is 23.9 Å². The Labute approximate surface area is 205 Å². The number of rotatable bonds is 9. The van der Waals surface area contributed by atoms with E-state index in [0.717, 1.165) is 17.8 Å². The average Bonchev–Trinajstić information content (AvgIpc) is 3.48. The summed E-state index contributed by atoms with van der Waals surface area (Å²) >= 11 is 2.92. The van der Waals surface area contributed by atoms with Gasteiger partial charge in [-0.1, -0.05) is 18.7 Å². The minimum Gasteiger partial charge on any atom is -0.465 e. The van der Waals surface area contributed by atoms with E-state index in [1.807, 2.05) is 18.4 Å². The summed E-state index contributed by atoms with van der Waals surface area (Å²) in [5.41, 5.74) is 1.49. The molecule has 0 spiro atoms. The largest absolute Gasteiger partial charge is 0.465 e. The number of nitrogens with zero attached hydrogens (tertiary/aromatic N) is 3. The molecule has 0 aliphatic carbocycles. The number of methoxy groups -OCH3 is 2. The number of carbonyl (C=O) groups is 3. The Morgan fingerprint density at radius 2 is 1.85 bits per heavy atom. The molecule has 3 rings (SSSR count). The lowest BCUT2D eigenvalue weighted by Crippen LogP contribution is -2.18. The van der Waals surface area contributed by atoms with E-state index in [4.69, 9.17) is 9.47 Å². The molecule has 9 nitrogen and oxygen atoms in total. The zero-order valence-corrected chi connectivity index (χ0v) is 21.2. The smallest absolute Gasteiger partial charge is 0.339 e. The Morgan fingerprint density at radius 3 is 2.47 bits per heavy atom. The first-order chi connectivity index (χ1) is 16.3. The molecule has 0 atom stereocenters. The molecule has 0 radical (unpaired) electrons. The zero-order chi connectivity index (χ0) is 24.8. The van der Waals surface area contributed by atoms with E-state index >= 15 is 0 Å². The molecule has 11 heteroatoms. The van der Waals surface area contributed by atoms with Crippen molar-refractivity contribution >= 4 is 46.6 Å². The first-order valence-electron chi connectivity index (χ1n) is 10.5. The Balaban J connectivity index is 1.79. The second-order valence-electron chi connectivity index (χ2n) is 7.51. The van der Waals surface area contributed by atoms with Crippen molar-refractivity contribution in [2.24, 2.45) is 0 Å². The molecule has 0 fully saturated rings. The Kier molecular flexibility index (Phi) is 8.46. The second kappa shape index (κ2) is 11.3. The van der Waals surface area contributed by atoms with Crippen molar-refractivity contribution in [3.05, 3.63) is 45.6 Å². The number of carbonyl (C=O) groups excluding carboxylic acids is 3. The predicted octanol–water partition coefficient (Wildman–Crippen LogP) is 4.45. The SMILES string of the molecule is CCc1cc(-c2nnc(SCC(=O)Nc3cc(C(=O)OC)ccc3C(=O)OC)n2C(C)C)cs1. The van der Waals surface area contributed by atoms with Crippen LogP contribution in [0.15, 0.2) is 34.8 Å². The minimum atomic E-state index is -0.634. The Hall–Kier alpha value is -3.18. The number of ether oxygens (including phenoxy) is 2. The molecule has 2 heterocycles. The summed E-state index contributed by atoms with van der Waals surface area (Å²) < 4.78 is 11.5. The van der Waals surface area contributed by atoms with Crippen molar-refractivity contribution in [1.82, 2.24) is 14.8 Å². The van der Waals surface area contributed by atoms with Gasteiger partial charge in [0, 0.05) is 21.9 Å². The lowest BCUT2D eigenvalue weighted by atomic mass is 10.1. The maximum absolute atomic E-state index is 12.7. The molecular weight excluding hydrogens is 476 g/mol. The van der Waals surface area contributed by atoms with E-state index in [2.05, 4.69) is 33.9 Å². The molecule has 180 valence electrons. The highest BCUT2D eigenvalue weighted by atomic mass is 32.2. The molecule has 0 aliphatic rings. The normalized spacial score (nSPS) is 10.9. The lowest BCUT2D eigenvalue weighted by Gasteiger charge is -2.14. The summed E-state index contributed by atoms with van der Waals surface area (Å²) in [6.45, 7) is 6.17. The molecule has 0 unspecified atom stereocenters. The predicted molar refractivity (Wildman–Crippen MR) is 132 cm³/mol. The number of esters is 2. The monoisotopic (exact) mass is 502 g/mol. The van der Waals surface area contributed by atoms with Gasteiger partial charge in [-0.25, -0.2) is 9.59 Å². The van der Waals surface area contributed by atoms with Gasteiger partial charge in [0.1, 0.15) is 0 Å². The maximum atomic E-state index is 12.7. The third kappa shape index (κ3) is 5.65. The second-order valence-corrected chi connectivity index (χ2v) is 9.44. The van der Waals surface area contributed by atoms with E-state index < -0.39 is 11.9 Å². The van der Waals surface area contributed by atoms with Gasteiger partial charge in [0.15, 0.2) is 11.0 Å². The number of thioether (sulfide) groups is 1. The van der Waals surface area contributed by atoms with Crippen LogP contribution in [-0.2, 0) is 20.7 Å². The first kappa shape index (κ1) is 25.4. The van der Waals surface area contributed by atoms with Gasteiger partial charge >= 0.3 is 11.9 Å². The van der Waals surface area contributed by atoms with Crippen LogP contribution in [0.1, 0.15) is 52.4 Å². The molecule has 1 N–H and O–H groups in total. The Bertz CT molecular complexity index is 1200. The van der Waals surface area contributed by atoms with Crippen molar-refractivity contribution in [3.63, 3.8) is 0 Å². The van der Waals surface area contributed by atoms with Gasteiger partial charge in [-0.3, -0.25) is 9.36 Å². The highest BCUT2D eigenvalue weighted by Crippen LogP contribution is 2.31. The highest BCUT2D eigenvalue weighted by Gasteiger charge is 2.21. The summed E-state index contributed by atoms with van der Waals surface area (Å²) in [5, 5.41) is 14.0. The zero-order valence-electron chi connectivity index (χ0n) is 19.6. The highest BCUT2D eigenvalue weighted by molar-refractivity contribution is 7.99.